The van der Waals surface area contributed by atoms with Crippen LogP contribution in [0.3, 0.4) is 0 Å². The maximum atomic E-state index is 6.32. The molecule has 0 radical (unpaired) electrons. The van der Waals surface area contributed by atoms with E-state index in [9.17, 15) is 0 Å². The van der Waals surface area contributed by atoms with Crippen LogP contribution in [0.15, 0.2) is 12.1 Å². The number of ether oxygens (including phenoxy) is 1. The van der Waals surface area contributed by atoms with Crippen LogP contribution in [0, 0.1) is 6.92 Å². The lowest BCUT2D eigenvalue weighted by molar-refractivity contribution is 0.0718. The molecule has 100 valence electrons. The van der Waals surface area contributed by atoms with Crippen molar-refractivity contribution in [1.82, 2.24) is 0 Å². The molecule has 18 heavy (non-hydrogen) atoms. The van der Waals surface area contributed by atoms with E-state index >= 15 is 0 Å². The molecule has 1 aromatic carbocycles. The van der Waals surface area contributed by atoms with Gasteiger partial charge in [0.1, 0.15) is 11.4 Å². The third-order valence-electron chi connectivity index (χ3n) is 3.66. The summed E-state index contributed by atoms with van der Waals surface area (Å²) >= 11 is 0. The number of hydrogen-bond donors (Lipinski definition) is 1. The first-order valence-corrected chi connectivity index (χ1v) is 6.70. The Labute approximate surface area is 111 Å². The van der Waals surface area contributed by atoms with E-state index in [1.165, 1.54) is 16.7 Å². The Morgan fingerprint density at radius 2 is 1.89 bits per heavy atom. The lowest BCUT2D eigenvalue weighted by atomic mass is 9.81. The first kappa shape index (κ1) is 13.4. The van der Waals surface area contributed by atoms with Gasteiger partial charge in [-0.05, 0) is 43.4 Å². The third-order valence-corrected chi connectivity index (χ3v) is 3.66. The van der Waals surface area contributed by atoms with Crippen LogP contribution in [-0.2, 0) is 5.41 Å². The third kappa shape index (κ3) is 2.39. The van der Waals surface area contributed by atoms with Gasteiger partial charge in [0.2, 0.25) is 0 Å². The molecule has 2 heteroatoms. The molecule has 1 aromatic rings. The predicted molar refractivity (Wildman–Crippen MR) is 76.1 cm³/mol. The van der Waals surface area contributed by atoms with Crippen LogP contribution in [0.5, 0.6) is 5.75 Å². The Morgan fingerprint density at radius 1 is 1.28 bits per heavy atom. The highest BCUT2D eigenvalue weighted by Crippen LogP contribution is 2.42. The molecule has 1 aliphatic heterocycles. The van der Waals surface area contributed by atoms with Crippen molar-refractivity contribution in [2.75, 3.05) is 0 Å². The maximum Gasteiger partial charge on any atom is 0.127 e. The van der Waals surface area contributed by atoms with Crippen LogP contribution < -0.4 is 10.5 Å². The minimum Gasteiger partial charge on any atom is -0.487 e. The van der Waals surface area contributed by atoms with E-state index in [1.54, 1.807) is 0 Å². The number of hydrogen-bond acceptors (Lipinski definition) is 2. The summed E-state index contributed by atoms with van der Waals surface area (Å²) in [5.74, 6) is 0.992. The monoisotopic (exact) mass is 247 g/mol. The van der Waals surface area contributed by atoms with E-state index < -0.39 is 0 Å². The number of benzene rings is 1. The molecule has 0 aromatic heterocycles. The van der Waals surface area contributed by atoms with E-state index in [4.69, 9.17) is 10.5 Å². The standard InChI is InChI=1S/C16H25NO/c1-10-7-11(15(2,3)4)8-12-13(17)9-16(5,6)18-14(10)12/h7-8,13H,9,17H2,1-6H3. The quantitative estimate of drug-likeness (QED) is 0.755. The molecule has 1 heterocycles. The highest BCUT2D eigenvalue weighted by Gasteiger charge is 2.33. The Morgan fingerprint density at radius 3 is 2.44 bits per heavy atom. The molecule has 1 atom stereocenters. The van der Waals surface area contributed by atoms with Gasteiger partial charge in [-0.1, -0.05) is 26.8 Å². The molecule has 0 amide bonds. The molecular weight excluding hydrogens is 222 g/mol. The summed E-state index contributed by atoms with van der Waals surface area (Å²) in [5, 5.41) is 0. The molecule has 2 nitrogen and oxygen atoms in total. The number of rotatable bonds is 0. The highest BCUT2D eigenvalue weighted by molar-refractivity contribution is 5.49. The van der Waals surface area contributed by atoms with Gasteiger partial charge in [0.25, 0.3) is 0 Å². The second-order valence-electron chi connectivity index (χ2n) is 7.13. The van der Waals surface area contributed by atoms with Gasteiger partial charge >= 0.3 is 0 Å². The zero-order valence-corrected chi connectivity index (χ0v) is 12.4. The van der Waals surface area contributed by atoms with Crippen LogP contribution in [0.25, 0.3) is 0 Å². The van der Waals surface area contributed by atoms with Crippen molar-refractivity contribution in [3.05, 3.63) is 28.8 Å². The zero-order chi connectivity index (χ0) is 13.7. The minimum atomic E-state index is -0.166. The topological polar surface area (TPSA) is 35.2 Å². The summed E-state index contributed by atoms with van der Waals surface area (Å²) in [6, 6.07) is 4.53. The number of aryl methyl sites for hydroxylation is 1. The Kier molecular flexibility index (Phi) is 2.97. The van der Waals surface area contributed by atoms with Crippen LogP contribution in [0.2, 0.25) is 0 Å². The van der Waals surface area contributed by atoms with Gasteiger partial charge in [-0.25, -0.2) is 0 Å². The van der Waals surface area contributed by atoms with Crippen molar-refractivity contribution in [2.45, 2.75) is 65.0 Å². The predicted octanol–water partition coefficient (Wildman–Crippen LogP) is 3.85. The van der Waals surface area contributed by atoms with E-state index in [0.29, 0.717) is 0 Å². The normalized spacial score (nSPS) is 22.3. The van der Waals surface area contributed by atoms with Gasteiger partial charge in [-0.2, -0.15) is 0 Å². The summed E-state index contributed by atoms with van der Waals surface area (Å²) in [6.07, 6.45) is 0.868. The molecule has 2 N–H and O–H groups in total. The fourth-order valence-electron chi connectivity index (χ4n) is 2.61. The lowest BCUT2D eigenvalue weighted by Crippen LogP contribution is -2.38. The van der Waals surface area contributed by atoms with Crippen LogP contribution in [0.1, 0.15) is 63.8 Å². The second-order valence-corrected chi connectivity index (χ2v) is 7.13. The van der Waals surface area contributed by atoms with Crippen molar-refractivity contribution in [1.29, 1.82) is 0 Å². The molecule has 0 aliphatic carbocycles. The SMILES string of the molecule is Cc1cc(C(C)(C)C)cc2c1OC(C)(C)CC2N. The first-order valence-electron chi connectivity index (χ1n) is 6.70. The Bertz CT molecular complexity index is 469. The average molecular weight is 247 g/mol. The second kappa shape index (κ2) is 3.99. The van der Waals surface area contributed by atoms with Crippen molar-refractivity contribution < 1.29 is 4.74 Å². The van der Waals surface area contributed by atoms with Crippen molar-refractivity contribution >= 4 is 0 Å². The summed E-state index contributed by atoms with van der Waals surface area (Å²) < 4.78 is 6.11. The smallest absolute Gasteiger partial charge is 0.127 e. The van der Waals surface area contributed by atoms with E-state index in [0.717, 1.165) is 12.2 Å². The number of nitrogens with two attached hydrogens (primary N) is 1. The van der Waals surface area contributed by atoms with Gasteiger partial charge in [-0.3, -0.25) is 0 Å². The van der Waals surface area contributed by atoms with Gasteiger partial charge in [0, 0.05) is 18.0 Å². The maximum absolute atomic E-state index is 6.32. The summed E-state index contributed by atoms with van der Waals surface area (Å²) in [4.78, 5) is 0. The average Bonchev–Trinajstić information content (AvgIpc) is 2.16. The largest absolute Gasteiger partial charge is 0.487 e. The van der Waals surface area contributed by atoms with Gasteiger partial charge in [-0.15, -0.1) is 0 Å². The van der Waals surface area contributed by atoms with Crippen LogP contribution in [0.4, 0.5) is 0 Å². The Hall–Kier alpha value is -1.02. The molecule has 0 spiro atoms. The molecular formula is C16H25NO. The van der Waals surface area contributed by atoms with Crippen LogP contribution >= 0.6 is 0 Å². The molecule has 0 fully saturated rings. The lowest BCUT2D eigenvalue weighted by Gasteiger charge is -2.38. The summed E-state index contributed by atoms with van der Waals surface area (Å²) in [5.41, 5.74) is 9.99. The van der Waals surface area contributed by atoms with Crippen molar-refractivity contribution in [3.63, 3.8) is 0 Å². The van der Waals surface area contributed by atoms with Gasteiger partial charge < -0.3 is 10.5 Å². The fourth-order valence-corrected chi connectivity index (χ4v) is 2.61. The molecule has 2 rings (SSSR count). The van der Waals surface area contributed by atoms with Crippen LogP contribution in [-0.4, -0.2) is 5.60 Å². The van der Waals surface area contributed by atoms with Gasteiger partial charge in [0.05, 0.1) is 0 Å². The molecule has 0 saturated carbocycles. The van der Waals surface area contributed by atoms with E-state index in [2.05, 4.69) is 53.7 Å². The highest BCUT2D eigenvalue weighted by atomic mass is 16.5. The van der Waals surface area contributed by atoms with Gasteiger partial charge in [0.15, 0.2) is 0 Å². The van der Waals surface area contributed by atoms with Crippen molar-refractivity contribution in [2.24, 2.45) is 5.73 Å². The number of fused-ring (bicyclic) bond motifs is 1. The summed E-state index contributed by atoms with van der Waals surface area (Å²) in [6.45, 7) is 13.0. The molecule has 1 unspecified atom stereocenters. The molecule has 1 aliphatic rings. The van der Waals surface area contributed by atoms with Crippen molar-refractivity contribution in [3.8, 4) is 5.75 Å². The Balaban J connectivity index is 2.56. The molecule has 0 bridgehead atoms. The molecule has 0 saturated heterocycles. The zero-order valence-electron chi connectivity index (χ0n) is 12.4. The van der Waals surface area contributed by atoms with E-state index in [1.807, 2.05) is 0 Å². The fraction of sp³-hybridized carbons (Fsp3) is 0.625. The minimum absolute atomic E-state index is 0.0738. The van der Waals surface area contributed by atoms with E-state index in [-0.39, 0.29) is 17.1 Å². The summed E-state index contributed by atoms with van der Waals surface area (Å²) in [7, 11) is 0. The first-order chi connectivity index (χ1) is 8.10.